The minimum atomic E-state index is -1.90. The van der Waals surface area contributed by atoms with Crippen molar-refractivity contribution >= 4 is 14.1 Å². The molecule has 29 heavy (non-hydrogen) atoms. The predicted molar refractivity (Wildman–Crippen MR) is 121 cm³/mol. The minimum absolute atomic E-state index is 0.0105. The van der Waals surface area contributed by atoms with Crippen LogP contribution in [0.3, 0.4) is 0 Å². The van der Waals surface area contributed by atoms with Crippen LogP contribution in [0, 0.1) is 0 Å². The average Bonchev–Trinajstić information content (AvgIpc) is 2.67. The van der Waals surface area contributed by atoms with Crippen LogP contribution < -0.4 is 0 Å². The number of hydrogen-bond donors (Lipinski definition) is 0. The van der Waals surface area contributed by atoms with Crippen molar-refractivity contribution in [1.29, 1.82) is 0 Å². The van der Waals surface area contributed by atoms with Crippen molar-refractivity contribution in [3.8, 4) is 0 Å². The maximum atomic E-state index is 12.4. The molecule has 0 aromatic heterocycles. The average molecular weight is 421 g/mol. The van der Waals surface area contributed by atoms with Crippen LogP contribution in [0.25, 0.3) is 0 Å². The van der Waals surface area contributed by atoms with E-state index in [0.29, 0.717) is 49.3 Å². The van der Waals surface area contributed by atoms with Crippen LogP contribution in [0.4, 0.5) is 0 Å². The van der Waals surface area contributed by atoms with Gasteiger partial charge in [-0.3, -0.25) is 4.79 Å². The topological polar surface area (TPSA) is 44.8 Å². The van der Waals surface area contributed by atoms with Crippen molar-refractivity contribution in [2.75, 3.05) is 13.2 Å². The lowest BCUT2D eigenvalue weighted by atomic mass is 10.0. The van der Waals surface area contributed by atoms with E-state index >= 15 is 0 Å². The lowest BCUT2D eigenvalue weighted by Gasteiger charge is -2.42. The Labute approximate surface area is 178 Å². The zero-order valence-electron chi connectivity index (χ0n) is 19.1. The van der Waals surface area contributed by atoms with Gasteiger partial charge in [-0.05, 0) is 28.6 Å². The van der Waals surface area contributed by atoms with Gasteiger partial charge in [0.15, 0.2) is 14.1 Å². The smallest absolute Gasteiger partial charge is 0.200 e. The number of Topliss-reactive ketones (excluding diaryl/α,β-unsaturated/α-hetero) is 1. The van der Waals surface area contributed by atoms with Gasteiger partial charge in [-0.2, -0.15) is 0 Å². The number of benzene rings is 1. The zero-order chi connectivity index (χ0) is 21.4. The van der Waals surface area contributed by atoms with E-state index in [2.05, 4.69) is 53.7 Å². The highest BCUT2D eigenvalue weighted by molar-refractivity contribution is 6.77. The fraction of sp³-hybridized carbons (Fsp3) is 0.708. The molecule has 1 fully saturated rings. The van der Waals surface area contributed by atoms with Gasteiger partial charge in [0.2, 0.25) is 0 Å². The highest BCUT2D eigenvalue weighted by atomic mass is 28.4. The van der Waals surface area contributed by atoms with Crippen LogP contribution in [0.1, 0.15) is 66.4 Å². The Bertz CT molecular complexity index is 593. The zero-order valence-corrected chi connectivity index (χ0v) is 20.1. The molecule has 0 spiro atoms. The number of ether oxygens (including phenoxy) is 2. The number of hydrogen-bond acceptors (Lipinski definition) is 4. The van der Waals surface area contributed by atoms with E-state index in [4.69, 9.17) is 13.9 Å². The molecule has 1 aliphatic rings. The first-order valence-corrected chi connectivity index (χ1v) is 13.3. The predicted octanol–water partition coefficient (Wildman–Crippen LogP) is 5.90. The summed E-state index contributed by atoms with van der Waals surface area (Å²) in [5.74, 6) is 0.207. The molecule has 0 radical (unpaired) electrons. The molecule has 1 heterocycles. The minimum Gasteiger partial charge on any atom is -0.416 e. The van der Waals surface area contributed by atoms with Gasteiger partial charge in [0.25, 0.3) is 0 Å². The molecule has 2 rings (SSSR count). The second-order valence-electron chi connectivity index (χ2n) is 9.21. The highest BCUT2D eigenvalue weighted by Crippen LogP contribution is 2.42. The Morgan fingerprint density at radius 1 is 1.03 bits per heavy atom. The van der Waals surface area contributed by atoms with E-state index < -0.39 is 8.32 Å². The molecule has 5 heteroatoms. The number of carbonyl (C=O) groups is 1. The van der Waals surface area contributed by atoms with Crippen LogP contribution in [0.15, 0.2) is 30.3 Å². The van der Waals surface area contributed by atoms with Crippen molar-refractivity contribution in [2.24, 2.45) is 0 Å². The van der Waals surface area contributed by atoms with Crippen LogP contribution in [-0.4, -0.2) is 39.5 Å². The van der Waals surface area contributed by atoms with Crippen LogP contribution >= 0.6 is 0 Å². The van der Waals surface area contributed by atoms with E-state index in [9.17, 15) is 4.79 Å². The molecule has 0 aliphatic carbocycles. The molecule has 4 nitrogen and oxygen atoms in total. The lowest BCUT2D eigenvalue weighted by Crippen LogP contribution is -2.48. The fourth-order valence-corrected chi connectivity index (χ4v) is 10.4. The molecule has 0 N–H and O–H groups in total. The largest absolute Gasteiger partial charge is 0.416 e. The summed E-state index contributed by atoms with van der Waals surface area (Å²) in [4.78, 5) is 12.4. The van der Waals surface area contributed by atoms with Crippen molar-refractivity contribution < 1.29 is 18.7 Å². The highest BCUT2D eigenvalue weighted by Gasteiger charge is 2.45. The van der Waals surface area contributed by atoms with Crippen LogP contribution in [0.5, 0.6) is 0 Å². The summed E-state index contributed by atoms with van der Waals surface area (Å²) in [5.41, 5.74) is 2.79. The van der Waals surface area contributed by atoms with E-state index in [1.807, 2.05) is 18.2 Å². The van der Waals surface area contributed by atoms with Gasteiger partial charge in [-0.15, -0.1) is 0 Å². The summed E-state index contributed by atoms with van der Waals surface area (Å²) in [7, 11) is -1.90. The number of carbonyl (C=O) groups excluding carboxylic acids is 1. The summed E-state index contributed by atoms with van der Waals surface area (Å²) < 4.78 is 18.5. The first kappa shape index (κ1) is 24.3. The van der Waals surface area contributed by atoms with Gasteiger partial charge >= 0.3 is 0 Å². The lowest BCUT2D eigenvalue weighted by molar-refractivity contribution is -0.149. The molecule has 1 aromatic rings. The molecule has 0 bridgehead atoms. The molecule has 1 aromatic carbocycles. The molecule has 2 atom stereocenters. The third-order valence-corrected chi connectivity index (χ3v) is 12.4. The molecule has 0 unspecified atom stereocenters. The third kappa shape index (κ3) is 6.48. The Hall–Kier alpha value is -1.01. The summed E-state index contributed by atoms with van der Waals surface area (Å²) in [6.45, 7) is 15.4. The first-order chi connectivity index (χ1) is 13.8. The monoisotopic (exact) mass is 420 g/mol. The standard InChI is InChI=1S/C24H40O4Si/c1-18(2)29(19(3)4,20(5)6)27-15-14-24-23(25)13-12-22(28-24)17-26-16-21-10-8-7-9-11-21/h7-11,18-20,22,24H,12-17H2,1-6H3/t22-,24-/m1/s1. The molecule has 0 saturated carbocycles. The molecule has 1 aliphatic heterocycles. The maximum absolute atomic E-state index is 12.4. The van der Waals surface area contributed by atoms with Crippen LogP contribution in [-0.2, 0) is 25.3 Å². The number of ketones is 1. The Morgan fingerprint density at radius 3 is 2.24 bits per heavy atom. The van der Waals surface area contributed by atoms with Gasteiger partial charge in [0, 0.05) is 19.4 Å². The van der Waals surface area contributed by atoms with Crippen LogP contribution in [0.2, 0.25) is 16.6 Å². The quantitative estimate of drug-likeness (QED) is 0.418. The van der Waals surface area contributed by atoms with Crippen molar-refractivity contribution in [3.05, 3.63) is 35.9 Å². The van der Waals surface area contributed by atoms with E-state index in [1.54, 1.807) is 0 Å². The normalized spacial score (nSPS) is 20.8. The van der Waals surface area contributed by atoms with Gasteiger partial charge in [-0.1, -0.05) is 71.9 Å². The first-order valence-electron chi connectivity index (χ1n) is 11.2. The van der Waals surface area contributed by atoms with Gasteiger partial charge in [0.05, 0.1) is 19.3 Å². The van der Waals surface area contributed by atoms with E-state index in [0.717, 1.165) is 12.0 Å². The fourth-order valence-electron chi connectivity index (χ4n) is 4.92. The van der Waals surface area contributed by atoms with Crippen molar-refractivity contribution in [3.63, 3.8) is 0 Å². The van der Waals surface area contributed by atoms with Crippen molar-refractivity contribution in [1.82, 2.24) is 0 Å². The molecule has 0 amide bonds. The van der Waals surface area contributed by atoms with Gasteiger partial charge < -0.3 is 13.9 Å². The molecule has 164 valence electrons. The van der Waals surface area contributed by atoms with E-state index in [1.165, 1.54) is 0 Å². The Morgan fingerprint density at radius 2 is 1.66 bits per heavy atom. The number of rotatable bonds is 11. The van der Waals surface area contributed by atoms with Gasteiger partial charge in [0.1, 0.15) is 6.10 Å². The second-order valence-corrected chi connectivity index (χ2v) is 14.7. The summed E-state index contributed by atoms with van der Waals surface area (Å²) >= 11 is 0. The summed E-state index contributed by atoms with van der Waals surface area (Å²) in [6.07, 6.45) is 1.60. The molecule has 1 saturated heterocycles. The van der Waals surface area contributed by atoms with E-state index in [-0.39, 0.29) is 18.0 Å². The second kappa shape index (κ2) is 11.4. The van der Waals surface area contributed by atoms with Gasteiger partial charge in [-0.25, -0.2) is 0 Å². The summed E-state index contributed by atoms with van der Waals surface area (Å²) in [5, 5.41) is 0. The Kier molecular flexibility index (Phi) is 9.53. The summed E-state index contributed by atoms with van der Waals surface area (Å²) in [6, 6.07) is 10.1. The Balaban J connectivity index is 1.83. The molecular formula is C24H40O4Si. The maximum Gasteiger partial charge on any atom is 0.200 e. The van der Waals surface area contributed by atoms with Crippen molar-refractivity contribution in [2.45, 2.75) is 96.2 Å². The third-order valence-electron chi connectivity index (χ3n) is 6.28. The SMILES string of the molecule is CC(C)[Si](OCC[C@H]1O[C@@H](COCc2ccccc2)CCC1=O)(C(C)C)C(C)C. The molecular weight excluding hydrogens is 380 g/mol.